The largest absolute Gasteiger partial charge is 0.398 e. The van der Waals surface area contributed by atoms with Crippen molar-refractivity contribution in [3.63, 3.8) is 0 Å². The SMILES string of the molecule is Bc1cc2nc(C(C)(C)O)c(N)c(B)c2cc1Cl. The highest BCUT2D eigenvalue weighted by Gasteiger charge is 2.23. The van der Waals surface area contributed by atoms with Gasteiger partial charge in [-0.25, -0.2) is 4.98 Å². The van der Waals surface area contributed by atoms with Gasteiger partial charge in [-0.3, -0.25) is 0 Å². The number of fused-ring (bicyclic) bond motifs is 1. The van der Waals surface area contributed by atoms with Gasteiger partial charge >= 0.3 is 0 Å². The van der Waals surface area contributed by atoms with Crippen LogP contribution in [0.25, 0.3) is 10.9 Å². The summed E-state index contributed by atoms with van der Waals surface area (Å²) in [5.74, 6) is 0. The van der Waals surface area contributed by atoms with Gasteiger partial charge in [-0.05, 0) is 31.4 Å². The lowest BCUT2D eigenvalue weighted by atomic mass is 9.85. The van der Waals surface area contributed by atoms with Crippen molar-refractivity contribution in [1.29, 1.82) is 0 Å². The maximum absolute atomic E-state index is 10.1. The molecule has 0 spiro atoms. The van der Waals surface area contributed by atoms with Crippen LogP contribution in [0.2, 0.25) is 5.02 Å². The number of pyridine rings is 1. The summed E-state index contributed by atoms with van der Waals surface area (Å²) < 4.78 is 0. The Kier molecular flexibility index (Phi) is 3.07. The van der Waals surface area contributed by atoms with Crippen LogP contribution in [-0.2, 0) is 5.60 Å². The molecule has 1 aromatic heterocycles. The molecular formula is C12H15B2ClN2O. The van der Waals surface area contributed by atoms with E-state index in [1.807, 2.05) is 27.8 Å². The van der Waals surface area contributed by atoms with Gasteiger partial charge in [0.2, 0.25) is 0 Å². The Morgan fingerprint density at radius 2 is 1.94 bits per heavy atom. The van der Waals surface area contributed by atoms with Crippen LogP contribution in [0.15, 0.2) is 12.1 Å². The molecule has 0 amide bonds. The normalized spacial score (nSPS) is 12.0. The molecule has 3 N–H and O–H groups in total. The lowest BCUT2D eigenvalue weighted by Crippen LogP contribution is -2.26. The molecule has 1 heterocycles. The minimum Gasteiger partial charge on any atom is -0.398 e. The molecule has 18 heavy (non-hydrogen) atoms. The number of hydrogen-bond acceptors (Lipinski definition) is 3. The molecule has 0 aliphatic rings. The fourth-order valence-corrected chi connectivity index (χ4v) is 2.19. The van der Waals surface area contributed by atoms with Crippen molar-refractivity contribution in [2.75, 3.05) is 5.73 Å². The molecule has 3 nitrogen and oxygen atoms in total. The number of aliphatic hydroxyl groups is 1. The Balaban J connectivity index is 2.88. The van der Waals surface area contributed by atoms with Crippen molar-refractivity contribution < 1.29 is 5.11 Å². The molecule has 6 heteroatoms. The van der Waals surface area contributed by atoms with Crippen molar-refractivity contribution >= 4 is 54.8 Å². The van der Waals surface area contributed by atoms with Crippen LogP contribution in [0, 0.1) is 0 Å². The molecular weight excluding hydrogens is 245 g/mol. The van der Waals surface area contributed by atoms with Gasteiger partial charge in [-0.1, -0.05) is 22.5 Å². The first-order chi connectivity index (χ1) is 8.21. The standard InChI is InChI=1S/C12H15B2ClN2O/c1-12(2,18)11-10(16)9(14)5-3-7(15)6(13)4-8(5)17-11/h3-4,18H,13-14,16H2,1-2H3. The summed E-state index contributed by atoms with van der Waals surface area (Å²) in [6, 6.07) is 3.79. The van der Waals surface area contributed by atoms with Crippen molar-refractivity contribution in [3.05, 3.63) is 22.8 Å². The summed E-state index contributed by atoms with van der Waals surface area (Å²) in [5.41, 5.74) is 8.70. The molecule has 0 saturated carbocycles. The Morgan fingerprint density at radius 1 is 1.33 bits per heavy atom. The van der Waals surface area contributed by atoms with Gasteiger partial charge in [0.25, 0.3) is 0 Å². The van der Waals surface area contributed by atoms with E-state index >= 15 is 0 Å². The zero-order chi connectivity index (χ0) is 13.7. The molecule has 92 valence electrons. The number of anilines is 1. The lowest BCUT2D eigenvalue weighted by Gasteiger charge is -2.21. The van der Waals surface area contributed by atoms with Crippen LogP contribution >= 0.6 is 11.6 Å². The maximum Gasteiger partial charge on any atom is 0.143 e. The third-order valence-electron chi connectivity index (χ3n) is 3.15. The zero-order valence-corrected chi connectivity index (χ0v) is 11.8. The van der Waals surface area contributed by atoms with Crippen LogP contribution in [0.4, 0.5) is 5.69 Å². The highest BCUT2D eigenvalue weighted by atomic mass is 35.5. The van der Waals surface area contributed by atoms with E-state index in [0.717, 1.165) is 21.8 Å². The molecule has 2 aromatic rings. The minimum atomic E-state index is -1.06. The smallest absolute Gasteiger partial charge is 0.143 e. The van der Waals surface area contributed by atoms with Gasteiger partial charge in [-0.2, -0.15) is 0 Å². The fraction of sp³-hybridized carbons (Fsp3) is 0.250. The highest BCUT2D eigenvalue weighted by Crippen LogP contribution is 2.26. The van der Waals surface area contributed by atoms with Gasteiger partial charge in [0.1, 0.15) is 21.3 Å². The van der Waals surface area contributed by atoms with E-state index in [9.17, 15) is 5.11 Å². The van der Waals surface area contributed by atoms with Crippen LogP contribution in [-0.4, -0.2) is 25.8 Å². The van der Waals surface area contributed by atoms with Gasteiger partial charge in [0.15, 0.2) is 0 Å². The summed E-state index contributed by atoms with van der Waals surface area (Å²) in [7, 11) is 3.85. The van der Waals surface area contributed by atoms with E-state index in [1.165, 1.54) is 0 Å². The Bertz CT molecular complexity index is 638. The summed E-state index contributed by atoms with van der Waals surface area (Å²) in [5, 5.41) is 11.7. The van der Waals surface area contributed by atoms with Crippen LogP contribution < -0.4 is 16.7 Å². The monoisotopic (exact) mass is 260 g/mol. The van der Waals surface area contributed by atoms with Crippen LogP contribution in [0.5, 0.6) is 0 Å². The number of nitrogen functional groups attached to an aromatic ring is 1. The van der Waals surface area contributed by atoms with Crippen molar-refractivity contribution in [2.24, 2.45) is 0 Å². The fourth-order valence-electron chi connectivity index (χ4n) is 2.03. The average Bonchev–Trinajstić information content (AvgIpc) is 2.25. The molecule has 0 bridgehead atoms. The first-order valence-corrected chi connectivity index (χ1v) is 6.18. The van der Waals surface area contributed by atoms with Crippen LogP contribution in [0.3, 0.4) is 0 Å². The molecule has 0 atom stereocenters. The molecule has 0 unspecified atom stereocenters. The van der Waals surface area contributed by atoms with Gasteiger partial charge in [0, 0.05) is 5.02 Å². The molecule has 0 aliphatic carbocycles. The first kappa shape index (κ1) is 13.2. The van der Waals surface area contributed by atoms with E-state index in [1.54, 1.807) is 13.8 Å². The van der Waals surface area contributed by atoms with Crippen molar-refractivity contribution in [2.45, 2.75) is 19.4 Å². The average molecular weight is 260 g/mol. The highest BCUT2D eigenvalue weighted by molar-refractivity contribution is 6.47. The molecule has 1 aromatic carbocycles. The van der Waals surface area contributed by atoms with Gasteiger partial charge in [0.05, 0.1) is 16.9 Å². The molecule has 0 fully saturated rings. The number of rotatable bonds is 1. The van der Waals surface area contributed by atoms with E-state index in [2.05, 4.69) is 4.98 Å². The molecule has 2 rings (SSSR count). The number of hydrogen-bond donors (Lipinski definition) is 2. The van der Waals surface area contributed by atoms with Crippen LogP contribution in [0.1, 0.15) is 19.5 Å². The summed E-state index contributed by atoms with van der Waals surface area (Å²) in [6.07, 6.45) is 0. The van der Waals surface area contributed by atoms with Gasteiger partial charge in [-0.15, -0.1) is 0 Å². The topological polar surface area (TPSA) is 59.1 Å². The second kappa shape index (κ2) is 4.18. The number of aromatic nitrogens is 1. The molecule has 0 saturated heterocycles. The maximum atomic E-state index is 10.1. The number of nitrogens with two attached hydrogens (primary N) is 1. The summed E-state index contributed by atoms with van der Waals surface area (Å²) in [6.45, 7) is 3.36. The third-order valence-corrected chi connectivity index (χ3v) is 3.56. The molecule has 0 aliphatic heterocycles. The van der Waals surface area contributed by atoms with E-state index < -0.39 is 5.60 Å². The van der Waals surface area contributed by atoms with Gasteiger partial charge < -0.3 is 10.8 Å². The Hall–Kier alpha value is -1.19. The summed E-state index contributed by atoms with van der Waals surface area (Å²) in [4.78, 5) is 4.48. The van der Waals surface area contributed by atoms with E-state index in [4.69, 9.17) is 17.3 Å². The third kappa shape index (κ3) is 2.08. The zero-order valence-electron chi connectivity index (χ0n) is 11.0. The predicted octanol–water partition coefficient (Wildman–Crippen LogP) is -0.785. The number of nitrogens with zero attached hydrogens (tertiary/aromatic N) is 1. The van der Waals surface area contributed by atoms with Crippen molar-refractivity contribution in [1.82, 2.24) is 4.98 Å². The Labute approximate surface area is 113 Å². The number of halogens is 1. The van der Waals surface area contributed by atoms with E-state index in [-0.39, 0.29) is 0 Å². The lowest BCUT2D eigenvalue weighted by molar-refractivity contribution is 0.0751. The Morgan fingerprint density at radius 3 is 2.50 bits per heavy atom. The predicted molar refractivity (Wildman–Crippen MR) is 82.8 cm³/mol. The second-order valence-electron chi connectivity index (χ2n) is 5.18. The first-order valence-electron chi connectivity index (χ1n) is 5.80. The minimum absolute atomic E-state index is 0.509. The summed E-state index contributed by atoms with van der Waals surface area (Å²) >= 11 is 6.12. The van der Waals surface area contributed by atoms with Crippen molar-refractivity contribution in [3.8, 4) is 0 Å². The quantitative estimate of drug-likeness (QED) is 0.661. The van der Waals surface area contributed by atoms with E-state index in [0.29, 0.717) is 16.4 Å². The number of benzene rings is 1. The molecule has 0 radical (unpaired) electrons. The second-order valence-corrected chi connectivity index (χ2v) is 5.58.